The van der Waals surface area contributed by atoms with Crippen LogP contribution in [0.4, 0.5) is 5.69 Å². The lowest BCUT2D eigenvalue weighted by molar-refractivity contribution is -0.111. The average molecular weight is 364 g/mol. The van der Waals surface area contributed by atoms with E-state index < -0.39 is 0 Å². The van der Waals surface area contributed by atoms with Crippen LogP contribution in [0.3, 0.4) is 0 Å². The molecule has 0 saturated carbocycles. The number of carbonyl (C=O) groups excluding carboxylic acids is 1. The maximum absolute atomic E-state index is 12.1. The summed E-state index contributed by atoms with van der Waals surface area (Å²) >= 11 is 0. The number of hydrogen-bond donors (Lipinski definition) is 1. The topological polar surface area (TPSA) is 41.6 Å². The average Bonchev–Trinajstić information content (AvgIpc) is 2.69. The lowest BCUT2D eigenvalue weighted by Gasteiger charge is -2.26. The Hall–Kier alpha value is -2.43. The summed E-state index contributed by atoms with van der Waals surface area (Å²) in [7, 11) is 0. The van der Waals surface area contributed by atoms with Crippen molar-refractivity contribution in [2.45, 2.75) is 26.3 Å². The molecule has 3 rings (SSSR count). The third kappa shape index (κ3) is 6.05. The van der Waals surface area contributed by atoms with Gasteiger partial charge in [-0.2, -0.15) is 0 Å². The monoisotopic (exact) mass is 364 g/mol. The highest BCUT2D eigenvalue weighted by atomic mass is 16.5. The summed E-state index contributed by atoms with van der Waals surface area (Å²) in [6, 6.07) is 16.3. The number of hydrogen-bond acceptors (Lipinski definition) is 3. The molecule has 0 bridgehead atoms. The van der Waals surface area contributed by atoms with E-state index in [4.69, 9.17) is 4.74 Å². The second kappa shape index (κ2) is 9.49. The Morgan fingerprint density at radius 3 is 2.37 bits per heavy atom. The SMILES string of the molecule is CC(C)c1ccc(/C=C/C(=O)Nc2ccc(CN3CCOCC3)cc2)cc1. The van der Waals surface area contributed by atoms with E-state index in [1.165, 1.54) is 11.1 Å². The predicted octanol–water partition coefficient (Wildman–Crippen LogP) is 4.29. The van der Waals surface area contributed by atoms with E-state index >= 15 is 0 Å². The largest absolute Gasteiger partial charge is 0.379 e. The molecule has 1 fully saturated rings. The summed E-state index contributed by atoms with van der Waals surface area (Å²) in [6.45, 7) is 8.82. The van der Waals surface area contributed by atoms with Crippen molar-refractivity contribution >= 4 is 17.7 Å². The van der Waals surface area contributed by atoms with Gasteiger partial charge in [-0.3, -0.25) is 9.69 Å². The summed E-state index contributed by atoms with van der Waals surface area (Å²) in [5, 5.41) is 2.91. The molecule has 0 unspecified atom stereocenters. The normalized spacial score (nSPS) is 15.4. The summed E-state index contributed by atoms with van der Waals surface area (Å²) in [6.07, 6.45) is 3.41. The van der Waals surface area contributed by atoms with Gasteiger partial charge in [0.15, 0.2) is 0 Å². The van der Waals surface area contributed by atoms with E-state index in [1.807, 2.05) is 30.3 Å². The van der Waals surface area contributed by atoms with Crippen LogP contribution >= 0.6 is 0 Å². The van der Waals surface area contributed by atoms with Gasteiger partial charge >= 0.3 is 0 Å². The number of nitrogens with one attached hydrogen (secondary N) is 1. The molecule has 0 spiro atoms. The van der Waals surface area contributed by atoms with Gasteiger partial charge < -0.3 is 10.1 Å². The van der Waals surface area contributed by atoms with Crippen LogP contribution in [0.15, 0.2) is 54.6 Å². The van der Waals surface area contributed by atoms with Crippen molar-refractivity contribution in [3.8, 4) is 0 Å². The van der Waals surface area contributed by atoms with Crippen molar-refractivity contribution in [1.29, 1.82) is 0 Å². The van der Waals surface area contributed by atoms with Gasteiger partial charge in [-0.1, -0.05) is 50.2 Å². The first-order valence-electron chi connectivity index (χ1n) is 9.58. The summed E-state index contributed by atoms with van der Waals surface area (Å²) in [5.41, 5.74) is 4.38. The molecule has 0 atom stereocenters. The van der Waals surface area contributed by atoms with E-state index in [0.29, 0.717) is 5.92 Å². The molecule has 1 heterocycles. The number of carbonyl (C=O) groups is 1. The molecule has 0 aromatic heterocycles. The molecule has 0 aliphatic carbocycles. The molecule has 1 amide bonds. The minimum absolute atomic E-state index is 0.121. The fourth-order valence-electron chi connectivity index (χ4n) is 3.06. The van der Waals surface area contributed by atoms with Gasteiger partial charge in [-0.25, -0.2) is 0 Å². The van der Waals surface area contributed by atoms with Gasteiger partial charge in [0.25, 0.3) is 0 Å². The van der Waals surface area contributed by atoms with Gasteiger partial charge in [0, 0.05) is 31.4 Å². The quantitative estimate of drug-likeness (QED) is 0.777. The summed E-state index contributed by atoms with van der Waals surface area (Å²) in [4.78, 5) is 14.5. The summed E-state index contributed by atoms with van der Waals surface area (Å²) in [5.74, 6) is 0.390. The number of amides is 1. The maximum Gasteiger partial charge on any atom is 0.248 e. The Labute approximate surface area is 161 Å². The molecule has 4 heteroatoms. The van der Waals surface area contributed by atoms with Crippen LogP contribution in [0.5, 0.6) is 0 Å². The molecule has 142 valence electrons. The van der Waals surface area contributed by atoms with Crippen molar-refractivity contribution in [3.05, 3.63) is 71.3 Å². The van der Waals surface area contributed by atoms with Crippen LogP contribution < -0.4 is 5.32 Å². The first-order valence-corrected chi connectivity index (χ1v) is 9.58. The Balaban J connectivity index is 1.51. The van der Waals surface area contributed by atoms with Crippen LogP contribution in [0.2, 0.25) is 0 Å². The zero-order valence-corrected chi connectivity index (χ0v) is 16.2. The third-order valence-electron chi connectivity index (χ3n) is 4.76. The molecule has 27 heavy (non-hydrogen) atoms. The van der Waals surface area contributed by atoms with Gasteiger partial charge in [0.2, 0.25) is 5.91 Å². The fourth-order valence-corrected chi connectivity index (χ4v) is 3.06. The summed E-state index contributed by atoms with van der Waals surface area (Å²) < 4.78 is 5.38. The van der Waals surface area contributed by atoms with Crippen LogP contribution in [-0.4, -0.2) is 37.1 Å². The van der Waals surface area contributed by atoms with E-state index in [9.17, 15) is 4.79 Å². The highest BCUT2D eigenvalue weighted by molar-refractivity contribution is 6.01. The van der Waals surface area contributed by atoms with E-state index in [0.717, 1.165) is 44.1 Å². The lowest BCUT2D eigenvalue weighted by Crippen LogP contribution is -2.35. The number of anilines is 1. The fraction of sp³-hybridized carbons (Fsp3) is 0.348. The zero-order chi connectivity index (χ0) is 19.1. The second-order valence-corrected chi connectivity index (χ2v) is 7.23. The van der Waals surface area contributed by atoms with Crippen LogP contribution in [-0.2, 0) is 16.1 Å². The van der Waals surface area contributed by atoms with Gasteiger partial charge in [-0.15, -0.1) is 0 Å². The molecule has 1 aliphatic heterocycles. The first-order chi connectivity index (χ1) is 13.1. The van der Waals surface area contributed by atoms with E-state index in [1.54, 1.807) is 6.08 Å². The molecule has 0 radical (unpaired) electrons. The van der Waals surface area contributed by atoms with Gasteiger partial charge in [-0.05, 0) is 40.8 Å². The molecule has 1 saturated heterocycles. The van der Waals surface area contributed by atoms with Crippen molar-refractivity contribution in [1.82, 2.24) is 4.90 Å². The Kier molecular flexibility index (Phi) is 6.80. The smallest absolute Gasteiger partial charge is 0.248 e. The minimum Gasteiger partial charge on any atom is -0.379 e. The number of nitrogens with zero attached hydrogens (tertiary/aromatic N) is 1. The lowest BCUT2D eigenvalue weighted by atomic mass is 10.0. The molecular weight excluding hydrogens is 336 g/mol. The van der Waals surface area contributed by atoms with Gasteiger partial charge in [0.1, 0.15) is 0 Å². The second-order valence-electron chi connectivity index (χ2n) is 7.23. The van der Waals surface area contributed by atoms with Crippen molar-refractivity contribution in [2.24, 2.45) is 0 Å². The molecule has 4 nitrogen and oxygen atoms in total. The number of ether oxygens (including phenoxy) is 1. The number of rotatable bonds is 6. The standard InChI is InChI=1S/C23H28N2O2/c1-18(2)21-8-3-19(4-9-21)7-12-23(26)24-22-10-5-20(6-11-22)17-25-13-15-27-16-14-25/h3-12,18H,13-17H2,1-2H3,(H,24,26)/b12-7+. The first kappa shape index (κ1) is 19.3. The predicted molar refractivity (Wildman–Crippen MR) is 111 cm³/mol. The molecule has 1 aliphatic rings. The Morgan fingerprint density at radius 1 is 1.07 bits per heavy atom. The Morgan fingerprint density at radius 2 is 1.74 bits per heavy atom. The molecule has 1 N–H and O–H groups in total. The van der Waals surface area contributed by atoms with E-state index in [-0.39, 0.29) is 5.91 Å². The van der Waals surface area contributed by atoms with Crippen molar-refractivity contribution in [3.63, 3.8) is 0 Å². The molecule has 2 aromatic rings. The number of morpholine rings is 1. The molecule has 2 aromatic carbocycles. The van der Waals surface area contributed by atoms with Crippen molar-refractivity contribution in [2.75, 3.05) is 31.6 Å². The van der Waals surface area contributed by atoms with Crippen LogP contribution in [0.1, 0.15) is 36.5 Å². The van der Waals surface area contributed by atoms with Crippen LogP contribution in [0, 0.1) is 0 Å². The molecular formula is C23H28N2O2. The Bertz CT molecular complexity index is 758. The highest BCUT2D eigenvalue weighted by Crippen LogP contribution is 2.16. The third-order valence-corrected chi connectivity index (χ3v) is 4.76. The van der Waals surface area contributed by atoms with Gasteiger partial charge in [0.05, 0.1) is 13.2 Å². The zero-order valence-electron chi connectivity index (χ0n) is 16.2. The maximum atomic E-state index is 12.1. The van der Waals surface area contributed by atoms with E-state index in [2.05, 4.69) is 48.3 Å². The number of benzene rings is 2. The minimum atomic E-state index is -0.121. The highest BCUT2D eigenvalue weighted by Gasteiger charge is 2.10. The van der Waals surface area contributed by atoms with Crippen molar-refractivity contribution < 1.29 is 9.53 Å². The van der Waals surface area contributed by atoms with Crippen LogP contribution in [0.25, 0.3) is 6.08 Å².